The van der Waals surface area contributed by atoms with E-state index in [1.165, 1.54) is 12.1 Å². The van der Waals surface area contributed by atoms with Crippen molar-refractivity contribution in [1.82, 2.24) is 4.72 Å². The molecule has 134 valence electrons. The van der Waals surface area contributed by atoms with Crippen LogP contribution in [0.25, 0.3) is 11.1 Å². The van der Waals surface area contributed by atoms with Crippen LogP contribution in [0, 0.1) is 5.82 Å². The lowest BCUT2D eigenvalue weighted by atomic mass is 9.93. The normalized spacial score (nSPS) is 21.0. The van der Waals surface area contributed by atoms with Crippen molar-refractivity contribution in [3.63, 3.8) is 0 Å². The van der Waals surface area contributed by atoms with E-state index in [0.29, 0.717) is 13.2 Å². The van der Waals surface area contributed by atoms with E-state index in [1.807, 2.05) is 24.3 Å². The van der Waals surface area contributed by atoms with Gasteiger partial charge in [-0.3, -0.25) is 0 Å². The van der Waals surface area contributed by atoms with Crippen LogP contribution < -0.4 is 4.72 Å². The number of sulfonamides is 1. The van der Waals surface area contributed by atoms with Gasteiger partial charge in [0.05, 0.1) is 24.5 Å². The van der Waals surface area contributed by atoms with Crippen molar-refractivity contribution in [3.05, 3.63) is 59.9 Å². The SMILES string of the molecule is CC(C)S(=O)(=O)NC1COCC1c1ccc(-c2ccc(F)cc2)cc1. The minimum atomic E-state index is -3.34. The van der Waals surface area contributed by atoms with Crippen LogP contribution in [0.5, 0.6) is 0 Å². The second-order valence-corrected chi connectivity index (χ2v) is 8.86. The molecule has 1 aliphatic rings. The number of nitrogens with one attached hydrogen (secondary N) is 1. The number of rotatable bonds is 5. The monoisotopic (exact) mass is 363 g/mol. The summed E-state index contributed by atoms with van der Waals surface area (Å²) in [4.78, 5) is 0. The van der Waals surface area contributed by atoms with Crippen LogP contribution in [-0.2, 0) is 14.8 Å². The third-order valence-electron chi connectivity index (χ3n) is 4.53. The van der Waals surface area contributed by atoms with E-state index in [9.17, 15) is 12.8 Å². The van der Waals surface area contributed by atoms with Gasteiger partial charge in [0, 0.05) is 5.92 Å². The molecule has 2 atom stereocenters. The largest absolute Gasteiger partial charge is 0.379 e. The van der Waals surface area contributed by atoms with Gasteiger partial charge < -0.3 is 4.74 Å². The summed E-state index contributed by atoms with van der Waals surface area (Å²) in [5.41, 5.74) is 2.95. The van der Waals surface area contributed by atoms with E-state index in [-0.39, 0.29) is 17.8 Å². The molecular weight excluding hydrogens is 341 g/mol. The summed E-state index contributed by atoms with van der Waals surface area (Å²) >= 11 is 0. The zero-order valence-electron chi connectivity index (χ0n) is 14.3. The Bertz CT molecular complexity index is 817. The van der Waals surface area contributed by atoms with Gasteiger partial charge in [-0.25, -0.2) is 17.5 Å². The average Bonchev–Trinajstić information content (AvgIpc) is 3.03. The summed E-state index contributed by atoms with van der Waals surface area (Å²) in [6.45, 7) is 4.17. The van der Waals surface area contributed by atoms with Gasteiger partial charge in [-0.05, 0) is 42.7 Å². The Labute approximate surface area is 148 Å². The molecule has 2 aromatic carbocycles. The number of hydrogen-bond donors (Lipinski definition) is 1. The molecule has 0 spiro atoms. The highest BCUT2D eigenvalue weighted by molar-refractivity contribution is 7.90. The number of ether oxygens (including phenoxy) is 1. The minimum Gasteiger partial charge on any atom is -0.379 e. The van der Waals surface area contributed by atoms with Crippen LogP contribution in [0.15, 0.2) is 48.5 Å². The summed E-state index contributed by atoms with van der Waals surface area (Å²) in [6.07, 6.45) is 0. The second kappa shape index (κ2) is 7.23. The highest BCUT2D eigenvalue weighted by Crippen LogP contribution is 2.29. The Hall–Kier alpha value is -1.76. The lowest BCUT2D eigenvalue weighted by Gasteiger charge is -2.21. The van der Waals surface area contributed by atoms with Crippen molar-refractivity contribution >= 4 is 10.0 Å². The molecule has 0 aliphatic carbocycles. The maximum Gasteiger partial charge on any atom is 0.214 e. The van der Waals surface area contributed by atoms with Gasteiger partial charge in [-0.15, -0.1) is 0 Å². The second-order valence-electron chi connectivity index (χ2n) is 6.59. The smallest absolute Gasteiger partial charge is 0.214 e. The molecule has 1 N–H and O–H groups in total. The third-order valence-corrected chi connectivity index (χ3v) is 6.41. The molecule has 1 fully saturated rings. The first kappa shape index (κ1) is 18.0. The molecule has 0 radical (unpaired) electrons. The van der Waals surface area contributed by atoms with Gasteiger partial charge in [0.1, 0.15) is 5.82 Å². The number of halogens is 1. The minimum absolute atomic E-state index is 0.0178. The van der Waals surface area contributed by atoms with Crippen molar-refractivity contribution in [2.45, 2.75) is 31.1 Å². The van der Waals surface area contributed by atoms with E-state index < -0.39 is 15.3 Å². The van der Waals surface area contributed by atoms with Gasteiger partial charge >= 0.3 is 0 Å². The van der Waals surface area contributed by atoms with Crippen molar-refractivity contribution in [2.24, 2.45) is 0 Å². The molecule has 0 amide bonds. The van der Waals surface area contributed by atoms with Crippen molar-refractivity contribution in [2.75, 3.05) is 13.2 Å². The first-order valence-corrected chi connectivity index (χ1v) is 9.86. The Kier molecular flexibility index (Phi) is 5.22. The highest BCUT2D eigenvalue weighted by Gasteiger charge is 2.33. The zero-order valence-corrected chi connectivity index (χ0v) is 15.1. The van der Waals surface area contributed by atoms with Crippen LogP contribution in [0.4, 0.5) is 4.39 Å². The van der Waals surface area contributed by atoms with Crippen molar-refractivity contribution < 1.29 is 17.5 Å². The fraction of sp³-hybridized carbons (Fsp3) is 0.368. The summed E-state index contributed by atoms with van der Waals surface area (Å²) in [6, 6.07) is 14.0. The molecule has 4 nitrogen and oxygen atoms in total. The van der Waals surface area contributed by atoms with Crippen LogP contribution in [0.3, 0.4) is 0 Å². The van der Waals surface area contributed by atoms with E-state index in [4.69, 9.17) is 4.74 Å². The van der Waals surface area contributed by atoms with E-state index in [2.05, 4.69) is 4.72 Å². The molecule has 2 aromatic rings. The van der Waals surface area contributed by atoms with Crippen LogP contribution in [0.2, 0.25) is 0 Å². The molecule has 1 heterocycles. The summed E-state index contributed by atoms with van der Waals surface area (Å²) < 4.78 is 45.6. The van der Waals surface area contributed by atoms with Crippen molar-refractivity contribution in [1.29, 1.82) is 0 Å². The van der Waals surface area contributed by atoms with Gasteiger partial charge in [0.25, 0.3) is 0 Å². The highest BCUT2D eigenvalue weighted by atomic mass is 32.2. The predicted molar refractivity (Wildman–Crippen MR) is 96.4 cm³/mol. The van der Waals surface area contributed by atoms with Gasteiger partial charge in [-0.2, -0.15) is 0 Å². The van der Waals surface area contributed by atoms with Crippen LogP contribution in [-0.4, -0.2) is 32.9 Å². The number of benzene rings is 2. The Morgan fingerprint density at radius 2 is 1.56 bits per heavy atom. The summed E-state index contributed by atoms with van der Waals surface area (Å²) in [7, 11) is -3.34. The lowest BCUT2D eigenvalue weighted by molar-refractivity contribution is 0.189. The third kappa shape index (κ3) is 4.08. The average molecular weight is 363 g/mol. The fourth-order valence-corrected chi connectivity index (χ4v) is 3.84. The van der Waals surface area contributed by atoms with Gasteiger partial charge in [0.15, 0.2) is 0 Å². The molecule has 0 aromatic heterocycles. The summed E-state index contributed by atoms with van der Waals surface area (Å²) in [5.74, 6) is -0.278. The predicted octanol–water partition coefficient (Wildman–Crippen LogP) is 3.30. The van der Waals surface area contributed by atoms with Gasteiger partial charge in [0.2, 0.25) is 10.0 Å². The van der Waals surface area contributed by atoms with E-state index >= 15 is 0 Å². The molecule has 3 rings (SSSR count). The van der Waals surface area contributed by atoms with Crippen molar-refractivity contribution in [3.8, 4) is 11.1 Å². The Morgan fingerprint density at radius 1 is 1.00 bits per heavy atom. The molecule has 1 aliphatic heterocycles. The summed E-state index contributed by atoms with van der Waals surface area (Å²) in [5, 5.41) is -0.477. The molecule has 0 saturated carbocycles. The first-order chi connectivity index (χ1) is 11.9. The molecular formula is C19H22FNO3S. The maximum absolute atomic E-state index is 13.0. The molecule has 25 heavy (non-hydrogen) atoms. The zero-order chi connectivity index (χ0) is 18.0. The Balaban J connectivity index is 1.78. The van der Waals surface area contributed by atoms with E-state index in [0.717, 1.165) is 16.7 Å². The Morgan fingerprint density at radius 3 is 2.12 bits per heavy atom. The molecule has 1 saturated heterocycles. The first-order valence-electron chi connectivity index (χ1n) is 8.31. The maximum atomic E-state index is 13.0. The van der Waals surface area contributed by atoms with Crippen LogP contribution in [0.1, 0.15) is 25.3 Å². The topological polar surface area (TPSA) is 55.4 Å². The molecule has 0 bridgehead atoms. The lowest BCUT2D eigenvalue weighted by Crippen LogP contribution is -2.42. The van der Waals surface area contributed by atoms with Crippen LogP contribution >= 0.6 is 0 Å². The van der Waals surface area contributed by atoms with Gasteiger partial charge in [-0.1, -0.05) is 36.4 Å². The van der Waals surface area contributed by atoms with E-state index in [1.54, 1.807) is 26.0 Å². The standard InChI is InChI=1S/C19H22FNO3S/c1-13(2)25(22,23)21-19-12-24-11-18(19)16-5-3-14(4-6-16)15-7-9-17(20)10-8-15/h3-10,13,18-19,21H,11-12H2,1-2H3. The fourth-order valence-electron chi connectivity index (χ4n) is 2.91. The number of hydrogen-bond acceptors (Lipinski definition) is 3. The molecule has 2 unspecified atom stereocenters. The quantitative estimate of drug-likeness (QED) is 0.887. The molecule has 6 heteroatoms.